The van der Waals surface area contributed by atoms with E-state index in [0.29, 0.717) is 5.69 Å². The first-order chi connectivity index (χ1) is 7.65. The predicted octanol–water partition coefficient (Wildman–Crippen LogP) is 0.439. The zero-order valence-corrected chi connectivity index (χ0v) is 8.26. The lowest BCUT2D eigenvalue weighted by Gasteiger charge is -2.01. The molecule has 0 aliphatic heterocycles. The van der Waals surface area contributed by atoms with Crippen LogP contribution in [0, 0.1) is 5.82 Å². The number of nitrogens with zero attached hydrogens (tertiary/aromatic N) is 2. The number of carboxylic acid groups (broad SMARTS) is 1. The van der Waals surface area contributed by atoms with Crippen molar-refractivity contribution in [1.29, 1.82) is 0 Å². The average molecular weight is 219 g/mol. The van der Waals surface area contributed by atoms with Gasteiger partial charge in [0.15, 0.2) is 0 Å². The highest BCUT2D eigenvalue weighted by Crippen LogP contribution is 2.16. The molecule has 16 heavy (non-hydrogen) atoms. The third-order valence-electron chi connectivity index (χ3n) is 2.08. The Bertz CT molecular complexity index is 505. The SMILES string of the molecule is O=C([O-])Cn1cnc(-c2ccc(F)cc2)c1. The third kappa shape index (κ3) is 2.25. The topological polar surface area (TPSA) is 57.9 Å². The summed E-state index contributed by atoms with van der Waals surface area (Å²) in [5.41, 5.74) is 1.33. The van der Waals surface area contributed by atoms with Crippen LogP contribution in [-0.2, 0) is 11.3 Å². The van der Waals surface area contributed by atoms with Crippen LogP contribution in [-0.4, -0.2) is 15.5 Å². The number of rotatable bonds is 3. The fourth-order valence-corrected chi connectivity index (χ4v) is 1.37. The third-order valence-corrected chi connectivity index (χ3v) is 2.08. The molecule has 1 aromatic carbocycles. The van der Waals surface area contributed by atoms with E-state index in [1.807, 2.05) is 0 Å². The Morgan fingerprint density at radius 3 is 2.69 bits per heavy atom. The zero-order chi connectivity index (χ0) is 11.5. The van der Waals surface area contributed by atoms with Crippen molar-refractivity contribution in [2.75, 3.05) is 0 Å². The zero-order valence-electron chi connectivity index (χ0n) is 8.26. The minimum Gasteiger partial charge on any atom is -0.548 e. The highest BCUT2D eigenvalue weighted by atomic mass is 19.1. The number of aromatic nitrogens is 2. The number of carbonyl (C=O) groups is 1. The van der Waals surface area contributed by atoms with Gasteiger partial charge in [-0.25, -0.2) is 9.37 Å². The molecule has 1 heterocycles. The molecule has 0 bridgehead atoms. The maximum absolute atomic E-state index is 12.7. The van der Waals surface area contributed by atoms with Gasteiger partial charge in [0.25, 0.3) is 0 Å². The molecule has 5 heteroatoms. The summed E-state index contributed by atoms with van der Waals surface area (Å²) in [5, 5.41) is 10.3. The van der Waals surface area contributed by atoms with Crippen molar-refractivity contribution < 1.29 is 14.3 Å². The summed E-state index contributed by atoms with van der Waals surface area (Å²) in [6, 6.07) is 5.82. The number of carbonyl (C=O) groups excluding carboxylic acids is 1. The van der Waals surface area contributed by atoms with Gasteiger partial charge in [-0.3, -0.25) is 0 Å². The molecule has 0 unspecified atom stereocenters. The Morgan fingerprint density at radius 2 is 2.06 bits per heavy atom. The minimum absolute atomic E-state index is 0.242. The van der Waals surface area contributed by atoms with Gasteiger partial charge in [0.1, 0.15) is 5.82 Å². The van der Waals surface area contributed by atoms with Gasteiger partial charge in [-0.05, 0) is 24.3 Å². The van der Waals surface area contributed by atoms with E-state index in [-0.39, 0.29) is 12.4 Å². The van der Waals surface area contributed by atoms with Crippen LogP contribution in [0.2, 0.25) is 0 Å². The van der Waals surface area contributed by atoms with Crippen LogP contribution < -0.4 is 5.11 Å². The van der Waals surface area contributed by atoms with Gasteiger partial charge in [-0.1, -0.05) is 0 Å². The predicted molar refractivity (Wildman–Crippen MR) is 52.6 cm³/mol. The van der Waals surface area contributed by atoms with Gasteiger partial charge in [0.05, 0.1) is 24.5 Å². The number of benzene rings is 1. The van der Waals surface area contributed by atoms with Gasteiger partial charge in [0.2, 0.25) is 0 Å². The van der Waals surface area contributed by atoms with Crippen LogP contribution in [0.1, 0.15) is 0 Å². The highest BCUT2D eigenvalue weighted by Gasteiger charge is 2.02. The summed E-state index contributed by atoms with van der Waals surface area (Å²) in [6.07, 6.45) is 2.97. The summed E-state index contributed by atoms with van der Waals surface area (Å²) in [6.45, 7) is -0.242. The molecule has 0 atom stereocenters. The Labute approximate surface area is 91.0 Å². The van der Waals surface area contributed by atoms with Crippen molar-refractivity contribution in [2.45, 2.75) is 6.54 Å². The molecule has 82 valence electrons. The largest absolute Gasteiger partial charge is 0.548 e. The van der Waals surface area contributed by atoms with Crippen LogP contribution in [0.4, 0.5) is 4.39 Å². The van der Waals surface area contributed by atoms with Crippen LogP contribution in [0.5, 0.6) is 0 Å². The fourth-order valence-electron chi connectivity index (χ4n) is 1.37. The maximum atomic E-state index is 12.7. The lowest BCUT2D eigenvalue weighted by Crippen LogP contribution is -2.26. The molecular formula is C11H8FN2O2-. The van der Waals surface area contributed by atoms with Crippen molar-refractivity contribution in [3.63, 3.8) is 0 Å². The minimum atomic E-state index is -1.18. The second-order valence-electron chi connectivity index (χ2n) is 3.31. The Kier molecular flexibility index (Phi) is 2.68. The van der Waals surface area contributed by atoms with E-state index in [4.69, 9.17) is 0 Å². The highest BCUT2D eigenvalue weighted by molar-refractivity contribution is 5.64. The van der Waals surface area contributed by atoms with Crippen molar-refractivity contribution in [2.24, 2.45) is 0 Å². The van der Waals surface area contributed by atoms with Crippen LogP contribution >= 0.6 is 0 Å². The molecule has 1 aromatic heterocycles. The van der Waals surface area contributed by atoms with Gasteiger partial charge in [-0.15, -0.1) is 0 Å². The lowest BCUT2D eigenvalue weighted by molar-refractivity contribution is -0.306. The molecule has 0 saturated carbocycles. The van der Waals surface area contributed by atoms with E-state index in [2.05, 4.69) is 4.98 Å². The van der Waals surface area contributed by atoms with Crippen molar-refractivity contribution in [3.05, 3.63) is 42.6 Å². The van der Waals surface area contributed by atoms with E-state index in [1.165, 1.54) is 23.0 Å². The number of aliphatic carboxylic acids is 1. The Hall–Kier alpha value is -2.17. The van der Waals surface area contributed by atoms with Crippen molar-refractivity contribution >= 4 is 5.97 Å². The van der Waals surface area contributed by atoms with Crippen LogP contribution in [0.3, 0.4) is 0 Å². The van der Waals surface area contributed by atoms with E-state index in [9.17, 15) is 14.3 Å². The fraction of sp³-hybridized carbons (Fsp3) is 0.0909. The van der Waals surface area contributed by atoms with E-state index in [0.717, 1.165) is 5.56 Å². The number of imidazole rings is 1. The standard InChI is InChI=1S/C11H9FN2O2/c12-9-3-1-8(2-4-9)10-5-14(7-13-10)6-11(15)16/h1-5,7H,6H2,(H,15,16)/p-1. The van der Waals surface area contributed by atoms with Gasteiger partial charge >= 0.3 is 0 Å². The van der Waals surface area contributed by atoms with Crippen LogP contribution in [0.15, 0.2) is 36.8 Å². The second kappa shape index (κ2) is 4.14. The summed E-state index contributed by atoms with van der Waals surface area (Å²) in [5.74, 6) is -1.50. The molecule has 0 radical (unpaired) electrons. The summed E-state index contributed by atoms with van der Waals surface area (Å²) < 4.78 is 14.1. The van der Waals surface area contributed by atoms with Gasteiger partial charge in [-0.2, -0.15) is 0 Å². The number of hydrogen-bond acceptors (Lipinski definition) is 3. The smallest absolute Gasteiger partial charge is 0.123 e. The Morgan fingerprint density at radius 1 is 1.38 bits per heavy atom. The van der Waals surface area contributed by atoms with Gasteiger partial charge < -0.3 is 14.5 Å². The molecule has 2 rings (SSSR count). The normalized spacial score (nSPS) is 10.3. The average Bonchev–Trinajstić information content (AvgIpc) is 2.66. The van der Waals surface area contributed by atoms with E-state index < -0.39 is 5.97 Å². The van der Waals surface area contributed by atoms with Crippen molar-refractivity contribution in [1.82, 2.24) is 9.55 Å². The molecule has 0 fully saturated rings. The quantitative estimate of drug-likeness (QED) is 0.752. The van der Waals surface area contributed by atoms with Gasteiger partial charge in [0, 0.05) is 11.8 Å². The number of carboxylic acids is 1. The molecule has 0 N–H and O–H groups in total. The molecule has 0 aliphatic rings. The molecule has 2 aromatic rings. The molecular weight excluding hydrogens is 211 g/mol. The van der Waals surface area contributed by atoms with Crippen molar-refractivity contribution in [3.8, 4) is 11.3 Å². The summed E-state index contributed by atoms with van der Waals surface area (Å²) in [7, 11) is 0. The molecule has 4 nitrogen and oxygen atoms in total. The molecule has 0 amide bonds. The lowest BCUT2D eigenvalue weighted by atomic mass is 10.2. The maximum Gasteiger partial charge on any atom is 0.123 e. The number of halogens is 1. The summed E-state index contributed by atoms with van der Waals surface area (Å²) >= 11 is 0. The first kappa shape index (κ1) is 10.4. The molecule has 0 spiro atoms. The Balaban J connectivity index is 2.24. The van der Waals surface area contributed by atoms with E-state index >= 15 is 0 Å². The van der Waals surface area contributed by atoms with Crippen LogP contribution in [0.25, 0.3) is 11.3 Å². The second-order valence-corrected chi connectivity index (χ2v) is 3.31. The van der Waals surface area contributed by atoms with E-state index in [1.54, 1.807) is 18.3 Å². The molecule has 0 saturated heterocycles. The first-order valence-electron chi connectivity index (χ1n) is 4.63. The monoisotopic (exact) mass is 219 g/mol. The molecule has 0 aliphatic carbocycles. The summed E-state index contributed by atoms with van der Waals surface area (Å²) in [4.78, 5) is 14.4. The number of hydrogen-bond donors (Lipinski definition) is 0. The first-order valence-corrected chi connectivity index (χ1v) is 4.63.